The van der Waals surface area contributed by atoms with E-state index in [0.717, 1.165) is 28.1 Å². The maximum absolute atomic E-state index is 12.9. The third kappa shape index (κ3) is 2.66. The summed E-state index contributed by atoms with van der Waals surface area (Å²) < 4.78 is 44.2. The lowest BCUT2D eigenvalue weighted by Crippen LogP contribution is -2.08. The topological polar surface area (TPSA) is 25.0 Å². The highest BCUT2D eigenvalue weighted by molar-refractivity contribution is 5.85. The molecule has 1 N–H and O–H groups in total. The number of H-pyrrole nitrogens is 1. The molecule has 0 radical (unpaired) electrons. The number of para-hydroxylation sites is 2. The smallest absolute Gasteiger partial charge is 0.419 e. The highest BCUT2D eigenvalue weighted by Gasteiger charge is 2.34. The number of fused-ring (bicyclic) bond motifs is 1. The first-order valence-corrected chi connectivity index (χ1v) is 6.81. The van der Waals surface area contributed by atoms with Gasteiger partial charge < -0.3 is 9.72 Å². The number of alkyl halides is 3. The van der Waals surface area contributed by atoms with Crippen LogP contribution in [0.15, 0.2) is 48.7 Å². The van der Waals surface area contributed by atoms with Crippen LogP contribution < -0.4 is 4.74 Å². The lowest BCUT2D eigenvalue weighted by molar-refractivity contribution is -0.139. The van der Waals surface area contributed by atoms with Crippen molar-refractivity contribution in [2.75, 3.05) is 0 Å². The fourth-order valence-electron chi connectivity index (χ4n) is 2.47. The molecule has 5 heteroatoms. The van der Waals surface area contributed by atoms with Gasteiger partial charge in [0.1, 0.15) is 12.4 Å². The molecule has 0 bridgehead atoms. The molecule has 2 aromatic carbocycles. The highest BCUT2D eigenvalue weighted by atomic mass is 19.4. The number of aryl methyl sites for hydroxylation is 1. The molecule has 1 aromatic heterocycles. The summed E-state index contributed by atoms with van der Waals surface area (Å²) >= 11 is 0. The highest BCUT2D eigenvalue weighted by Crippen LogP contribution is 2.36. The summed E-state index contributed by atoms with van der Waals surface area (Å²) in [6, 6.07) is 11.1. The normalized spacial score (nSPS) is 11.8. The Kier molecular flexibility index (Phi) is 3.56. The molecule has 0 spiro atoms. The predicted octanol–water partition coefficient (Wildman–Crippen LogP) is 5.07. The minimum absolute atomic E-state index is 0.0799. The van der Waals surface area contributed by atoms with Crippen LogP contribution in [0.1, 0.15) is 16.7 Å². The summed E-state index contributed by atoms with van der Waals surface area (Å²) in [5.41, 5.74) is 2.13. The first-order chi connectivity index (χ1) is 10.5. The molecule has 0 aliphatic heterocycles. The zero-order valence-corrected chi connectivity index (χ0v) is 11.9. The van der Waals surface area contributed by atoms with E-state index in [4.69, 9.17) is 4.74 Å². The molecule has 0 unspecified atom stereocenters. The van der Waals surface area contributed by atoms with Crippen LogP contribution in [0.25, 0.3) is 10.9 Å². The van der Waals surface area contributed by atoms with E-state index < -0.39 is 11.7 Å². The Balaban J connectivity index is 1.88. The van der Waals surface area contributed by atoms with E-state index in [1.54, 1.807) is 6.20 Å². The van der Waals surface area contributed by atoms with Crippen LogP contribution in [0.2, 0.25) is 0 Å². The number of aromatic nitrogens is 1. The standard InChI is InChI=1S/C17H14F3NO/c1-11-5-4-6-13-12(9-21-16(11)13)10-22-15-8-3-2-7-14(15)17(18,19)20/h2-9,21H,10H2,1H3. The SMILES string of the molecule is Cc1cccc2c(COc3ccccc3C(F)(F)F)c[nH]c12. The van der Waals surface area contributed by atoms with Gasteiger partial charge >= 0.3 is 6.18 Å². The third-order valence-electron chi connectivity index (χ3n) is 3.59. The summed E-state index contributed by atoms with van der Waals surface area (Å²) in [7, 11) is 0. The Morgan fingerprint density at radius 2 is 1.82 bits per heavy atom. The number of nitrogens with one attached hydrogen (secondary N) is 1. The van der Waals surface area contributed by atoms with Crippen molar-refractivity contribution in [2.45, 2.75) is 19.7 Å². The molecular weight excluding hydrogens is 291 g/mol. The summed E-state index contributed by atoms with van der Waals surface area (Å²) in [5, 5.41) is 0.962. The molecule has 0 saturated carbocycles. The molecule has 0 saturated heterocycles. The van der Waals surface area contributed by atoms with Crippen LogP contribution in [0.3, 0.4) is 0 Å². The number of ether oxygens (including phenoxy) is 1. The van der Waals surface area contributed by atoms with Crippen LogP contribution in [0.5, 0.6) is 5.75 Å². The maximum Gasteiger partial charge on any atom is 0.419 e. The summed E-state index contributed by atoms with van der Waals surface area (Å²) in [5.74, 6) is -0.156. The first kappa shape index (κ1) is 14.5. The molecule has 0 aliphatic carbocycles. The van der Waals surface area contributed by atoms with E-state index in [-0.39, 0.29) is 12.4 Å². The number of aromatic amines is 1. The molecule has 0 fully saturated rings. The first-order valence-electron chi connectivity index (χ1n) is 6.81. The van der Waals surface area contributed by atoms with Crippen LogP contribution >= 0.6 is 0 Å². The van der Waals surface area contributed by atoms with Crippen molar-refractivity contribution in [3.63, 3.8) is 0 Å². The zero-order chi connectivity index (χ0) is 15.7. The second kappa shape index (κ2) is 5.40. The van der Waals surface area contributed by atoms with Crippen molar-refractivity contribution < 1.29 is 17.9 Å². The Hall–Kier alpha value is -2.43. The number of rotatable bonds is 3. The maximum atomic E-state index is 12.9. The van der Waals surface area contributed by atoms with E-state index in [2.05, 4.69) is 4.98 Å². The quantitative estimate of drug-likeness (QED) is 0.717. The molecule has 22 heavy (non-hydrogen) atoms. The van der Waals surface area contributed by atoms with Crippen molar-refractivity contribution >= 4 is 10.9 Å². The number of hydrogen-bond donors (Lipinski definition) is 1. The van der Waals surface area contributed by atoms with Gasteiger partial charge in [0.2, 0.25) is 0 Å². The summed E-state index contributed by atoms with van der Waals surface area (Å²) in [4.78, 5) is 3.14. The van der Waals surface area contributed by atoms with Gasteiger partial charge in [0.15, 0.2) is 0 Å². The van der Waals surface area contributed by atoms with E-state index in [1.165, 1.54) is 18.2 Å². The average molecular weight is 305 g/mol. The molecular formula is C17H14F3NO. The van der Waals surface area contributed by atoms with Crippen molar-refractivity contribution in [1.29, 1.82) is 0 Å². The predicted molar refractivity (Wildman–Crippen MR) is 78.8 cm³/mol. The van der Waals surface area contributed by atoms with Crippen LogP contribution in [0.4, 0.5) is 13.2 Å². The zero-order valence-electron chi connectivity index (χ0n) is 11.9. The lowest BCUT2D eigenvalue weighted by Gasteiger charge is -2.13. The van der Waals surface area contributed by atoms with Crippen molar-refractivity contribution in [2.24, 2.45) is 0 Å². The van der Waals surface area contributed by atoms with Gasteiger partial charge in [-0.2, -0.15) is 13.2 Å². The number of halogens is 3. The van der Waals surface area contributed by atoms with E-state index in [0.29, 0.717) is 0 Å². The monoisotopic (exact) mass is 305 g/mol. The van der Waals surface area contributed by atoms with Crippen molar-refractivity contribution in [3.8, 4) is 5.75 Å². The van der Waals surface area contributed by atoms with Crippen molar-refractivity contribution in [3.05, 3.63) is 65.4 Å². The Morgan fingerprint density at radius 3 is 2.59 bits per heavy atom. The fraction of sp³-hybridized carbons (Fsp3) is 0.176. The second-order valence-electron chi connectivity index (χ2n) is 5.09. The third-order valence-corrected chi connectivity index (χ3v) is 3.59. The Bertz CT molecular complexity index is 805. The van der Waals surface area contributed by atoms with Gasteiger partial charge in [0.25, 0.3) is 0 Å². The fourth-order valence-corrected chi connectivity index (χ4v) is 2.47. The minimum Gasteiger partial charge on any atom is -0.488 e. The van der Waals surface area contributed by atoms with Crippen LogP contribution in [-0.2, 0) is 12.8 Å². The summed E-state index contributed by atoms with van der Waals surface area (Å²) in [6.07, 6.45) is -2.65. The van der Waals surface area contributed by atoms with E-state index in [9.17, 15) is 13.2 Å². The van der Waals surface area contributed by atoms with Gasteiger partial charge in [-0.05, 0) is 24.6 Å². The molecule has 1 heterocycles. The average Bonchev–Trinajstić information content (AvgIpc) is 2.89. The number of hydrogen-bond acceptors (Lipinski definition) is 1. The molecule has 0 aliphatic rings. The Labute approximate surface area is 125 Å². The largest absolute Gasteiger partial charge is 0.488 e. The lowest BCUT2D eigenvalue weighted by atomic mass is 10.1. The molecule has 114 valence electrons. The van der Waals surface area contributed by atoms with Gasteiger partial charge in [-0.25, -0.2) is 0 Å². The van der Waals surface area contributed by atoms with E-state index >= 15 is 0 Å². The second-order valence-corrected chi connectivity index (χ2v) is 5.09. The molecule has 0 atom stereocenters. The molecule has 3 aromatic rings. The molecule has 3 rings (SSSR count). The minimum atomic E-state index is -4.42. The van der Waals surface area contributed by atoms with Crippen LogP contribution in [-0.4, -0.2) is 4.98 Å². The Morgan fingerprint density at radius 1 is 1.05 bits per heavy atom. The van der Waals surface area contributed by atoms with Gasteiger partial charge in [0.05, 0.1) is 5.56 Å². The van der Waals surface area contributed by atoms with Gasteiger partial charge in [-0.1, -0.05) is 30.3 Å². The molecule has 0 amide bonds. The van der Waals surface area contributed by atoms with Gasteiger partial charge in [-0.15, -0.1) is 0 Å². The summed E-state index contributed by atoms with van der Waals surface area (Å²) in [6.45, 7) is 2.05. The number of benzene rings is 2. The molecule has 2 nitrogen and oxygen atoms in total. The van der Waals surface area contributed by atoms with E-state index in [1.807, 2.05) is 25.1 Å². The van der Waals surface area contributed by atoms with Gasteiger partial charge in [-0.3, -0.25) is 0 Å². The van der Waals surface area contributed by atoms with Crippen molar-refractivity contribution in [1.82, 2.24) is 4.98 Å². The van der Waals surface area contributed by atoms with Crippen LogP contribution in [0, 0.1) is 6.92 Å². The van der Waals surface area contributed by atoms with Gasteiger partial charge in [0, 0.05) is 22.7 Å².